The van der Waals surface area contributed by atoms with Crippen LogP contribution < -0.4 is 5.32 Å². The second-order valence-corrected chi connectivity index (χ2v) is 12.3. The predicted octanol–water partition coefficient (Wildman–Crippen LogP) is 3.36. The van der Waals surface area contributed by atoms with E-state index in [9.17, 15) is 13.2 Å². The van der Waals surface area contributed by atoms with Gasteiger partial charge in [-0.3, -0.25) is 0 Å². The van der Waals surface area contributed by atoms with E-state index < -0.39 is 15.4 Å². The number of carbonyl (C=O) groups is 1. The maximum Gasteiger partial charge on any atom is 0.410 e. The molecular weight excluding hydrogens is 468 g/mol. The molecule has 1 saturated heterocycles. The average molecular weight is 499 g/mol. The van der Waals surface area contributed by atoms with Crippen molar-refractivity contribution in [2.24, 2.45) is 0 Å². The Labute approximate surface area is 204 Å². The Bertz CT molecular complexity index is 1390. The van der Waals surface area contributed by atoms with Gasteiger partial charge in [0.05, 0.1) is 28.2 Å². The molecule has 5 rings (SSSR count). The zero-order chi connectivity index (χ0) is 25.0. The summed E-state index contributed by atoms with van der Waals surface area (Å²) in [5.74, 6) is -0.108. The Hall–Kier alpha value is -3.21. The lowest BCUT2D eigenvalue weighted by molar-refractivity contribution is 0.0186. The summed E-state index contributed by atoms with van der Waals surface area (Å²) in [5.41, 5.74) is 2.88. The van der Waals surface area contributed by atoms with E-state index in [4.69, 9.17) is 4.74 Å². The number of benzene rings is 1. The highest BCUT2D eigenvalue weighted by Crippen LogP contribution is 2.39. The van der Waals surface area contributed by atoms with Crippen LogP contribution in [0.15, 0.2) is 35.6 Å². The molecule has 4 heterocycles. The largest absolute Gasteiger partial charge is 0.444 e. The molecular formula is C24H30N6O4S. The van der Waals surface area contributed by atoms with Crippen molar-refractivity contribution in [2.45, 2.75) is 56.1 Å². The first-order chi connectivity index (χ1) is 16.5. The lowest BCUT2D eigenvalue weighted by atomic mass is 9.96. The molecule has 1 atom stereocenters. The zero-order valence-electron chi connectivity index (χ0n) is 20.4. The van der Waals surface area contributed by atoms with Crippen molar-refractivity contribution < 1.29 is 17.9 Å². The highest BCUT2D eigenvalue weighted by atomic mass is 32.2. The highest BCUT2D eigenvalue weighted by Gasteiger charge is 2.31. The molecule has 1 aromatic carbocycles. The molecule has 0 spiro atoms. The fraction of sp³-hybridized carbons (Fsp3) is 0.500. The van der Waals surface area contributed by atoms with Crippen LogP contribution in [0.1, 0.15) is 56.8 Å². The number of amides is 1. The number of sulfone groups is 1. The van der Waals surface area contributed by atoms with E-state index in [1.165, 1.54) is 6.26 Å². The molecule has 1 amide bonds. The fourth-order valence-electron chi connectivity index (χ4n) is 4.83. The summed E-state index contributed by atoms with van der Waals surface area (Å²) >= 11 is 0. The van der Waals surface area contributed by atoms with Crippen LogP contribution in [0.5, 0.6) is 0 Å². The summed E-state index contributed by atoms with van der Waals surface area (Å²) in [4.78, 5) is 23.6. The zero-order valence-corrected chi connectivity index (χ0v) is 21.2. The van der Waals surface area contributed by atoms with Gasteiger partial charge >= 0.3 is 6.09 Å². The van der Waals surface area contributed by atoms with Gasteiger partial charge in [-0.1, -0.05) is 0 Å². The lowest BCUT2D eigenvalue weighted by Gasteiger charge is -2.33. The minimum atomic E-state index is -3.32. The van der Waals surface area contributed by atoms with Gasteiger partial charge in [-0.15, -0.1) is 0 Å². The van der Waals surface area contributed by atoms with Gasteiger partial charge in [0.2, 0.25) is 0 Å². The predicted molar refractivity (Wildman–Crippen MR) is 131 cm³/mol. The van der Waals surface area contributed by atoms with Gasteiger partial charge in [0, 0.05) is 37.5 Å². The van der Waals surface area contributed by atoms with Gasteiger partial charge in [-0.25, -0.2) is 27.9 Å². The number of likely N-dealkylation sites (tertiary alicyclic amines) is 1. The summed E-state index contributed by atoms with van der Waals surface area (Å²) in [6.45, 7) is 7.40. The SMILES string of the molecule is CC(C)(C)OC(=O)N1CCC(n2ncc3c(C4CNc5ccc(S(C)(=O)=O)cc54)ncnc32)CC1. The first-order valence-electron chi connectivity index (χ1n) is 11.8. The quantitative estimate of drug-likeness (QED) is 0.584. The van der Waals surface area contributed by atoms with Crippen molar-refractivity contribution in [3.05, 3.63) is 42.0 Å². The van der Waals surface area contributed by atoms with E-state index in [0.29, 0.717) is 24.5 Å². The van der Waals surface area contributed by atoms with Gasteiger partial charge in [-0.05, 0) is 57.4 Å². The number of piperidine rings is 1. The van der Waals surface area contributed by atoms with E-state index in [1.54, 1.807) is 29.6 Å². The third-order valence-corrected chi connectivity index (χ3v) is 7.65. The first kappa shape index (κ1) is 23.5. The summed E-state index contributed by atoms with van der Waals surface area (Å²) in [7, 11) is -3.32. The molecule has 186 valence electrons. The minimum Gasteiger partial charge on any atom is -0.444 e. The Morgan fingerprint density at radius 2 is 1.91 bits per heavy atom. The molecule has 0 radical (unpaired) electrons. The Morgan fingerprint density at radius 3 is 2.60 bits per heavy atom. The number of hydrogen-bond donors (Lipinski definition) is 1. The van der Waals surface area contributed by atoms with Crippen LogP contribution in [0.25, 0.3) is 11.0 Å². The number of ether oxygens (including phenoxy) is 1. The monoisotopic (exact) mass is 498 g/mol. The van der Waals surface area contributed by atoms with E-state index in [2.05, 4.69) is 20.4 Å². The molecule has 2 aliphatic heterocycles. The standard InChI is InChI=1S/C24H30N6O4S/c1-24(2,3)34-23(31)29-9-7-15(8-10-29)30-22-19(13-28-30)21(26-14-27-22)18-12-25-20-6-5-16(11-17(18)20)35(4,32)33/h5-6,11,13-15,18,25H,7-10,12H2,1-4H3. The van der Waals surface area contributed by atoms with Gasteiger partial charge in [-0.2, -0.15) is 5.10 Å². The molecule has 0 bridgehead atoms. The molecule has 1 N–H and O–H groups in total. The van der Waals surface area contributed by atoms with E-state index in [-0.39, 0.29) is 18.1 Å². The molecule has 35 heavy (non-hydrogen) atoms. The molecule has 0 aliphatic carbocycles. The summed E-state index contributed by atoms with van der Waals surface area (Å²) in [6.07, 6.45) is 5.77. The fourth-order valence-corrected chi connectivity index (χ4v) is 5.49. The van der Waals surface area contributed by atoms with Gasteiger partial charge in [0.25, 0.3) is 0 Å². The number of carbonyl (C=O) groups excluding carboxylic acids is 1. The molecule has 3 aromatic rings. The van der Waals surface area contributed by atoms with Crippen LogP contribution in [0.2, 0.25) is 0 Å². The Kier molecular flexibility index (Phi) is 5.70. The molecule has 10 nitrogen and oxygen atoms in total. The summed E-state index contributed by atoms with van der Waals surface area (Å²) < 4.78 is 31.7. The number of nitrogens with one attached hydrogen (secondary N) is 1. The number of hydrogen-bond acceptors (Lipinski definition) is 8. The smallest absolute Gasteiger partial charge is 0.410 e. The number of nitrogens with zero attached hydrogens (tertiary/aromatic N) is 5. The van der Waals surface area contributed by atoms with Gasteiger partial charge in [0.1, 0.15) is 11.9 Å². The minimum absolute atomic E-state index is 0.108. The third-order valence-electron chi connectivity index (χ3n) is 6.54. The number of aromatic nitrogens is 4. The van der Waals surface area contributed by atoms with E-state index in [0.717, 1.165) is 40.8 Å². The van der Waals surface area contributed by atoms with Crippen molar-refractivity contribution in [1.29, 1.82) is 0 Å². The summed E-state index contributed by atoms with van der Waals surface area (Å²) in [5, 5.41) is 8.87. The third kappa shape index (κ3) is 4.56. The normalized spacial score (nSPS) is 19.0. The maximum atomic E-state index is 12.4. The Balaban J connectivity index is 1.40. The molecule has 11 heteroatoms. The van der Waals surface area contributed by atoms with E-state index in [1.807, 2.05) is 31.5 Å². The second kappa shape index (κ2) is 8.47. The van der Waals surface area contributed by atoms with Crippen LogP contribution in [-0.4, -0.2) is 70.7 Å². The molecule has 0 saturated carbocycles. The maximum absolute atomic E-state index is 12.4. The van der Waals surface area contributed by atoms with Crippen LogP contribution >= 0.6 is 0 Å². The number of anilines is 1. The second-order valence-electron chi connectivity index (χ2n) is 10.2. The summed E-state index contributed by atoms with van der Waals surface area (Å²) in [6, 6.07) is 5.28. The van der Waals surface area contributed by atoms with Crippen molar-refractivity contribution in [3.63, 3.8) is 0 Å². The first-order valence-corrected chi connectivity index (χ1v) is 13.6. The van der Waals surface area contributed by atoms with Gasteiger partial charge in [0.15, 0.2) is 15.5 Å². The number of fused-ring (bicyclic) bond motifs is 2. The van der Waals surface area contributed by atoms with Crippen molar-refractivity contribution in [2.75, 3.05) is 31.2 Å². The topological polar surface area (TPSA) is 119 Å². The molecule has 2 aromatic heterocycles. The van der Waals surface area contributed by atoms with Crippen LogP contribution in [0.4, 0.5) is 10.5 Å². The van der Waals surface area contributed by atoms with Crippen molar-refractivity contribution in [1.82, 2.24) is 24.6 Å². The highest BCUT2D eigenvalue weighted by molar-refractivity contribution is 7.90. The number of rotatable bonds is 3. The van der Waals surface area contributed by atoms with Crippen LogP contribution in [0.3, 0.4) is 0 Å². The lowest BCUT2D eigenvalue weighted by Crippen LogP contribution is -2.42. The molecule has 1 unspecified atom stereocenters. The van der Waals surface area contributed by atoms with Crippen LogP contribution in [0, 0.1) is 0 Å². The van der Waals surface area contributed by atoms with Crippen molar-refractivity contribution in [3.8, 4) is 0 Å². The van der Waals surface area contributed by atoms with Crippen LogP contribution in [-0.2, 0) is 14.6 Å². The molecule has 1 fully saturated rings. The van der Waals surface area contributed by atoms with Crippen molar-refractivity contribution >= 4 is 32.7 Å². The van der Waals surface area contributed by atoms with Gasteiger partial charge < -0.3 is 15.0 Å². The van der Waals surface area contributed by atoms with E-state index >= 15 is 0 Å². The molecule has 2 aliphatic rings. The Morgan fingerprint density at radius 1 is 1.17 bits per heavy atom. The average Bonchev–Trinajstić information content (AvgIpc) is 3.41.